The van der Waals surface area contributed by atoms with E-state index in [0.29, 0.717) is 17.8 Å². The van der Waals surface area contributed by atoms with E-state index in [9.17, 15) is 14.7 Å². The highest BCUT2D eigenvalue weighted by Gasteiger charge is 2.16. The number of nitrogens with zero attached hydrogens (tertiary/aromatic N) is 1. The number of aromatic nitrogens is 1. The lowest BCUT2D eigenvalue weighted by Gasteiger charge is -2.10. The van der Waals surface area contributed by atoms with Gasteiger partial charge < -0.3 is 19.9 Å². The number of phenols is 1. The quantitative estimate of drug-likeness (QED) is 0.793. The first kappa shape index (κ1) is 13.7. The Morgan fingerprint density at radius 3 is 2.30 bits per heavy atom. The van der Waals surface area contributed by atoms with Crippen LogP contribution in [0.5, 0.6) is 5.75 Å². The highest BCUT2D eigenvalue weighted by atomic mass is 16.4. The highest BCUT2D eigenvalue weighted by Crippen LogP contribution is 2.24. The Morgan fingerprint density at radius 1 is 1.10 bits per heavy atom. The molecule has 2 rings (SSSR count). The number of carbonyl (C=O) groups is 2. The van der Waals surface area contributed by atoms with Crippen LogP contribution in [0.4, 0.5) is 0 Å². The zero-order valence-electron chi connectivity index (χ0n) is 10.7. The van der Waals surface area contributed by atoms with Gasteiger partial charge in [-0.15, -0.1) is 0 Å². The summed E-state index contributed by atoms with van der Waals surface area (Å²) in [5.41, 5.74) is 1.01. The van der Waals surface area contributed by atoms with Gasteiger partial charge in [-0.1, -0.05) is 6.92 Å². The Labute approximate surface area is 114 Å². The van der Waals surface area contributed by atoms with Crippen LogP contribution in [0.1, 0.15) is 33.3 Å². The van der Waals surface area contributed by atoms with Crippen LogP contribution in [0.15, 0.2) is 30.5 Å². The van der Waals surface area contributed by atoms with Gasteiger partial charge in [-0.25, -0.2) is 9.59 Å². The summed E-state index contributed by atoms with van der Waals surface area (Å²) in [5, 5.41) is 27.6. The summed E-state index contributed by atoms with van der Waals surface area (Å²) in [4.78, 5) is 22.1. The van der Waals surface area contributed by atoms with Crippen LogP contribution < -0.4 is 0 Å². The van der Waals surface area contributed by atoms with Gasteiger partial charge in [-0.05, 0) is 30.7 Å². The second-order valence-corrected chi connectivity index (χ2v) is 4.21. The molecule has 1 aromatic carbocycles. The van der Waals surface area contributed by atoms with Gasteiger partial charge in [-0.2, -0.15) is 0 Å². The standard InChI is InChI=1S/C14H13NO5/c1-2-11-9(13(17)18)5-6-15(11)8-3-4-12(16)10(7-8)14(19)20/h3-7,16H,2H2,1H3,(H,17,18)(H,19,20). The SMILES string of the molecule is CCc1c(C(=O)O)ccn1-c1ccc(O)c(C(=O)O)c1. The van der Waals surface area contributed by atoms with E-state index in [0.717, 1.165) is 0 Å². The summed E-state index contributed by atoms with van der Waals surface area (Å²) in [6, 6.07) is 5.59. The maximum absolute atomic E-state index is 11.1. The normalized spacial score (nSPS) is 10.4. The van der Waals surface area contributed by atoms with Crippen molar-refractivity contribution in [2.45, 2.75) is 13.3 Å². The molecule has 0 aliphatic carbocycles. The molecule has 0 saturated heterocycles. The fourth-order valence-electron chi connectivity index (χ4n) is 2.11. The smallest absolute Gasteiger partial charge is 0.339 e. The second kappa shape index (κ2) is 5.08. The largest absolute Gasteiger partial charge is 0.507 e. The van der Waals surface area contributed by atoms with Crippen LogP contribution >= 0.6 is 0 Å². The Kier molecular flexibility index (Phi) is 3.47. The van der Waals surface area contributed by atoms with Gasteiger partial charge in [0.1, 0.15) is 11.3 Å². The molecule has 20 heavy (non-hydrogen) atoms. The van der Waals surface area contributed by atoms with Crippen molar-refractivity contribution >= 4 is 11.9 Å². The lowest BCUT2D eigenvalue weighted by Crippen LogP contribution is -2.05. The van der Waals surface area contributed by atoms with Crippen LogP contribution in [0.25, 0.3) is 5.69 Å². The van der Waals surface area contributed by atoms with Gasteiger partial charge in [0, 0.05) is 17.6 Å². The molecule has 1 heterocycles. The van der Waals surface area contributed by atoms with Crippen molar-refractivity contribution in [1.82, 2.24) is 4.57 Å². The molecule has 1 aromatic heterocycles. The first-order valence-electron chi connectivity index (χ1n) is 5.96. The van der Waals surface area contributed by atoms with Gasteiger partial charge in [0.15, 0.2) is 0 Å². The minimum absolute atomic E-state index is 0.178. The van der Waals surface area contributed by atoms with Crippen LogP contribution in [0.3, 0.4) is 0 Å². The van der Waals surface area contributed by atoms with E-state index >= 15 is 0 Å². The van der Waals surface area contributed by atoms with Crippen molar-refractivity contribution in [2.75, 3.05) is 0 Å². The molecule has 0 fully saturated rings. The highest BCUT2D eigenvalue weighted by molar-refractivity contribution is 5.92. The van der Waals surface area contributed by atoms with Crippen molar-refractivity contribution in [2.24, 2.45) is 0 Å². The predicted molar refractivity (Wildman–Crippen MR) is 70.7 cm³/mol. The Balaban J connectivity index is 2.60. The predicted octanol–water partition coefficient (Wildman–Crippen LogP) is 2.14. The van der Waals surface area contributed by atoms with Crippen LogP contribution in [0.2, 0.25) is 0 Å². The van der Waals surface area contributed by atoms with Crippen LogP contribution in [0, 0.1) is 0 Å². The fourth-order valence-corrected chi connectivity index (χ4v) is 2.11. The fraction of sp³-hybridized carbons (Fsp3) is 0.143. The summed E-state index contributed by atoms with van der Waals surface area (Å²) in [7, 11) is 0. The molecule has 0 unspecified atom stereocenters. The van der Waals surface area contributed by atoms with Crippen molar-refractivity contribution in [3.05, 3.63) is 47.3 Å². The molecule has 0 bridgehead atoms. The second-order valence-electron chi connectivity index (χ2n) is 4.21. The number of hydrogen-bond acceptors (Lipinski definition) is 3. The van der Waals surface area contributed by atoms with Gasteiger partial charge in [0.2, 0.25) is 0 Å². The van der Waals surface area contributed by atoms with Crippen LogP contribution in [-0.2, 0) is 6.42 Å². The lowest BCUT2D eigenvalue weighted by molar-refractivity contribution is 0.0683. The minimum atomic E-state index is -1.24. The molecular weight excluding hydrogens is 262 g/mol. The maximum atomic E-state index is 11.1. The molecule has 0 radical (unpaired) electrons. The topological polar surface area (TPSA) is 99.8 Å². The summed E-state index contributed by atoms with van der Waals surface area (Å²) in [5.74, 6) is -2.60. The van der Waals surface area contributed by atoms with Gasteiger partial charge in [0.25, 0.3) is 0 Å². The number of rotatable bonds is 4. The van der Waals surface area contributed by atoms with Gasteiger partial charge >= 0.3 is 11.9 Å². The minimum Gasteiger partial charge on any atom is -0.507 e. The summed E-state index contributed by atoms with van der Waals surface area (Å²) in [6.07, 6.45) is 2.05. The number of aromatic hydroxyl groups is 1. The monoisotopic (exact) mass is 275 g/mol. The molecule has 0 aliphatic rings. The zero-order valence-corrected chi connectivity index (χ0v) is 10.7. The maximum Gasteiger partial charge on any atom is 0.339 e. The average molecular weight is 275 g/mol. The van der Waals surface area contributed by atoms with E-state index in [2.05, 4.69) is 0 Å². The van der Waals surface area contributed by atoms with E-state index in [1.165, 1.54) is 24.3 Å². The van der Waals surface area contributed by atoms with Gasteiger partial charge in [-0.3, -0.25) is 0 Å². The molecule has 104 valence electrons. The van der Waals surface area contributed by atoms with Crippen molar-refractivity contribution in [3.63, 3.8) is 0 Å². The number of carboxylic acids is 2. The van der Waals surface area contributed by atoms with Crippen molar-refractivity contribution in [1.29, 1.82) is 0 Å². The summed E-state index contributed by atoms with van der Waals surface area (Å²) >= 11 is 0. The number of benzene rings is 1. The van der Waals surface area contributed by atoms with Crippen LogP contribution in [-0.4, -0.2) is 31.8 Å². The third-order valence-electron chi connectivity index (χ3n) is 3.05. The molecule has 0 spiro atoms. The van der Waals surface area contributed by atoms with Crippen molar-refractivity contribution in [3.8, 4) is 11.4 Å². The molecule has 2 aromatic rings. The third-order valence-corrected chi connectivity index (χ3v) is 3.05. The van der Waals surface area contributed by atoms with E-state index in [1.54, 1.807) is 10.8 Å². The van der Waals surface area contributed by atoms with E-state index < -0.39 is 11.9 Å². The zero-order chi connectivity index (χ0) is 14.9. The summed E-state index contributed by atoms with van der Waals surface area (Å²) in [6.45, 7) is 1.82. The molecule has 6 heteroatoms. The number of aromatic carboxylic acids is 2. The molecule has 0 aliphatic heterocycles. The first-order valence-corrected chi connectivity index (χ1v) is 5.96. The Bertz CT molecular complexity index is 687. The molecule has 6 nitrogen and oxygen atoms in total. The molecule has 0 atom stereocenters. The molecule has 0 amide bonds. The molecule has 0 saturated carbocycles. The Morgan fingerprint density at radius 2 is 1.75 bits per heavy atom. The lowest BCUT2D eigenvalue weighted by atomic mass is 10.1. The molecular formula is C14H13NO5. The number of hydrogen-bond donors (Lipinski definition) is 3. The Hall–Kier alpha value is -2.76. The van der Waals surface area contributed by atoms with E-state index in [4.69, 9.17) is 10.2 Å². The van der Waals surface area contributed by atoms with Crippen molar-refractivity contribution < 1.29 is 24.9 Å². The average Bonchev–Trinajstić information content (AvgIpc) is 2.82. The third kappa shape index (κ3) is 2.23. The summed E-state index contributed by atoms with van der Waals surface area (Å²) < 4.78 is 1.61. The number of carboxylic acid groups (broad SMARTS) is 2. The first-order chi connectivity index (χ1) is 9.45. The molecule has 3 N–H and O–H groups in total. The van der Waals surface area contributed by atoms with E-state index in [1.807, 2.05) is 6.92 Å². The van der Waals surface area contributed by atoms with E-state index in [-0.39, 0.29) is 16.9 Å². The van der Waals surface area contributed by atoms with Gasteiger partial charge in [0.05, 0.1) is 5.56 Å².